The van der Waals surface area contributed by atoms with Crippen LogP contribution < -0.4 is 16.4 Å². The van der Waals surface area contributed by atoms with Crippen LogP contribution in [0.15, 0.2) is 18.2 Å². The summed E-state index contributed by atoms with van der Waals surface area (Å²) in [4.78, 5) is 3.66. The number of benzene rings is 1. The number of hydrogen-bond donors (Lipinski definition) is 2. The zero-order chi connectivity index (χ0) is 19.4. The number of halogens is 3. The van der Waals surface area contributed by atoms with Crippen LogP contribution in [0.5, 0.6) is 0 Å². The zero-order valence-electron chi connectivity index (χ0n) is 15.9. The topological polar surface area (TPSA) is 58.5 Å². The molecule has 0 aromatic heterocycles. The summed E-state index contributed by atoms with van der Waals surface area (Å²) in [6.45, 7) is 3.35. The Morgan fingerprint density at radius 2 is 1.74 bits per heavy atom. The van der Waals surface area contributed by atoms with E-state index in [2.05, 4.69) is 30.0 Å². The van der Waals surface area contributed by atoms with E-state index < -0.39 is 12.7 Å². The fourth-order valence-corrected chi connectivity index (χ4v) is 5.55. The highest BCUT2D eigenvalue weighted by atomic mass is 19.4. The van der Waals surface area contributed by atoms with Crippen molar-refractivity contribution in [3.63, 3.8) is 0 Å². The van der Waals surface area contributed by atoms with Crippen LogP contribution in [0, 0.1) is 12.3 Å². The van der Waals surface area contributed by atoms with Gasteiger partial charge in [-0.25, -0.2) is 0 Å². The third kappa shape index (κ3) is 3.69. The first-order valence-electron chi connectivity index (χ1n) is 9.77. The van der Waals surface area contributed by atoms with Crippen molar-refractivity contribution in [2.75, 3.05) is 37.6 Å². The first-order chi connectivity index (χ1) is 12.6. The Morgan fingerprint density at radius 1 is 1.11 bits per heavy atom. The number of nitrogens with zero attached hydrogens (tertiary/aromatic N) is 2. The molecule has 4 rings (SSSR count). The molecule has 7 heteroatoms. The van der Waals surface area contributed by atoms with Gasteiger partial charge in [0.1, 0.15) is 0 Å². The van der Waals surface area contributed by atoms with Crippen molar-refractivity contribution in [3.8, 4) is 0 Å². The van der Waals surface area contributed by atoms with E-state index in [0.717, 1.165) is 36.9 Å². The Labute approximate surface area is 158 Å². The molecule has 0 atom stereocenters. The standard InChI is InChI=1S/C20H29F3N4/c1-14-8-15(19(25)11-18(12-19)9-16(24)10-18)2-3-17(14)27-6-4-26(5-7-27)13-20(21,22)23/h2-3,8,16H,4-7,9-13,24-25H2,1H3. The molecular weight excluding hydrogens is 353 g/mol. The van der Waals surface area contributed by atoms with E-state index in [0.29, 0.717) is 37.6 Å². The monoisotopic (exact) mass is 382 g/mol. The van der Waals surface area contributed by atoms with Gasteiger partial charge in [0.15, 0.2) is 0 Å². The molecular formula is C20H29F3N4. The van der Waals surface area contributed by atoms with Crippen molar-refractivity contribution < 1.29 is 13.2 Å². The van der Waals surface area contributed by atoms with Gasteiger partial charge in [0.05, 0.1) is 6.54 Å². The number of aryl methyl sites for hydroxylation is 1. The summed E-state index contributed by atoms with van der Waals surface area (Å²) in [6, 6.07) is 6.71. The minimum Gasteiger partial charge on any atom is -0.369 e. The number of alkyl halides is 3. The highest BCUT2D eigenvalue weighted by molar-refractivity contribution is 5.56. The van der Waals surface area contributed by atoms with Crippen LogP contribution in [-0.4, -0.2) is 49.8 Å². The summed E-state index contributed by atoms with van der Waals surface area (Å²) in [5.41, 5.74) is 16.1. The molecule has 1 aromatic rings. The van der Waals surface area contributed by atoms with Crippen molar-refractivity contribution in [1.82, 2.24) is 4.90 Å². The molecule has 3 fully saturated rings. The van der Waals surface area contributed by atoms with Crippen LogP contribution in [0.2, 0.25) is 0 Å². The third-order valence-electron chi connectivity index (χ3n) is 6.66. The van der Waals surface area contributed by atoms with Crippen molar-refractivity contribution in [1.29, 1.82) is 0 Å². The predicted molar refractivity (Wildman–Crippen MR) is 101 cm³/mol. The summed E-state index contributed by atoms with van der Waals surface area (Å²) in [7, 11) is 0. The first kappa shape index (κ1) is 19.0. The van der Waals surface area contributed by atoms with Crippen LogP contribution in [-0.2, 0) is 5.54 Å². The van der Waals surface area contributed by atoms with E-state index >= 15 is 0 Å². The molecule has 0 amide bonds. The average Bonchev–Trinajstić information content (AvgIpc) is 2.51. The lowest BCUT2D eigenvalue weighted by atomic mass is 9.46. The van der Waals surface area contributed by atoms with E-state index in [9.17, 15) is 13.2 Å². The van der Waals surface area contributed by atoms with Gasteiger partial charge < -0.3 is 16.4 Å². The van der Waals surface area contributed by atoms with Gasteiger partial charge in [-0.1, -0.05) is 12.1 Å². The molecule has 0 unspecified atom stereocenters. The van der Waals surface area contributed by atoms with Crippen LogP contribution in [0.25, 0.3) is 0 Å². The molecule has 2 aliphatic carbocycles. The van der Waals surface area contributed by atoms with Gasteiger partial charge in [0.25, 0.3) is 0 Å². The van der Waals surface area contributed by atoms with E-state index in [1.807, 2.05) is 0 Å². The molecule has 4 nitrogen and oxygen atoms in total. The molecule has 27 heavy (non-hydrogen) atoms. The van der Waals surface area contributed by atoms with Crippen molar-refractivity contribution >= 4 is 5.69 Å². The minimum atomic E-state index is -4.13. The second-order valence-corrected chi connectivity index (χ2v) is 9.06. The SMILES string of the molecule is Cc1cc(C2(N)CC3(CC(N)C3)C2)ccc1N1CCN(CC(F)(F)F)CC1. The van der Waals surface area contributed by atoms with E-state index in [-0.39, 0.29) is 5.54 Å². The number of piperazine rings is 1. The molecule has 4 N–H and O–H groups in total. The Morgan fingerprint density at radius 3 is 2.26 bits per heavy atom. The Kier molecular flexibility index (Phi) is 4.48. The summed E-state index contributed by atoms with van der Waals surface area (Å²) >= 11 is 0. The largest absolute Gasteiger partial charge is 0.401 e. The quantitative estimate of drug-likeness (QED) is 0.844. The number of hydrogen-bond acceptors (Lipinski definition) is 4. The van der Waals surface area contributed by atoms with Crippen LogP contribution >= 0.6 is 0 Å². The van der Waals surface area contributed by atoms with Gasteiger partial charge in [-0.3, -0.25) is 4.90 Å². The molecule has 1 aliphatic heterocycles. The lowest BCUT2D eigenvalue weighted by molar-refractivity contribution is -0.146. The fraction of sp³-hybridized carbons (Fsp3) is 0.700. The minimum absolute atomic E-state index is 0.255. The highest BCUT2D eigenvalue weighted by Crippen LogP contribution is 2.62. The second kappa shape index (κ2) is 6.36. The summed E-state index contributed by atoms with van der Waals surface area (Å²) in [6.07, 6.45) is 0.0569. The first-order valence-corrected chi connectivity index (χ1v) is 9.77. The highest BCUT2D eigenvalue weighted by Gasteiger charge is 2.58. The van der Waals surface area contributed by atoms with Crippen LogP contribution in [0.3, 0.4) is 0 Å². The van der Waals surface area contributed by atoms with Crippen LogP contribution in [0.4, 0.5) is 18.9 Å². The van der Waals surface area contributed by atoms with Gasteiger partial charge >= 0.3 is 6.18 Å². The maximum atomic E-state index is 12.6. The smallest absolute Gasteiger partial charge is 0.369 e. The molecule has 3 aliphatic rings. The Balaban J connectivity index is 1.38. The number of nitrogens with two attached hydrogens (primary N) is 2. The molecule has 1 spiro atoms. The number of rotatable bonds is 3. The normalized spacial score (nSPS) is 34.4. The van der Waals surface area contributed by atoms with Gasteiger partial charge in [-0.15, -0.1) is 0 Å². The second-order valence-electron chi connectivity index (χ2n) is 9.06. The van der Waals surface area contributed by atoms with Crippen molar-refractivity contribution in [3.05, 3.63) is 29.3 Å². The van der Waals surface area contributed by atoms with Gasteiger partial charge in [-0.2, -0.15) is 13.2 Å². The lowest BCUT2D eigenvalue weighted by Gasteiger charge is -2.62. The van der Waals surface area contributed by atoms with Crippen molar-refractivity contribution in [2.45, 2.75) is 50.4 Å². The fourth-order valence-electron chi connectivity index (χ4n) is 5.55. The Hall–Kier alpha value is -1.31. The maximum absolute atomic E-state index is 12.6. The van der Waals surface area contributed by atoms with Crippen molar-refractivity contribution in [2.24, 2.45) is 16.9 Å². The summed E-state index contributed by atoms with van der Waals surface area (Å²) in [5.74, 6) is 0. The summed E-state index contributed by atoms with van der Waals surface area (Å²) < 4.78 is 37.7. The van der Waals surface area contributed by atoms with Gasteiger partial charge in [0.2, 0.25) is 0 Å². The third-order valence-corrected chi connectivity index (χ3v) is 6.66. The van der Waals surface area contributed by atoms with Gasteiger partial charge in [-0.05, 0) is 55.2 Å². The lowest BCUT2D eigenvalue weighted by Crippen LogP contribution is -2.63. The molecule has 1 saturated heterocycles. The van der Waals surface area contributed by atoms with E-state index in [4.69, 9.17) is 11.5 Å². The zero-order valence-corrected chi connectivity index (χ0v) is 15.9. The van der Waals surface area contributed by atoms with E-state index in [1.165, 1.54) is 10.5 Å². The predicted octanol–water partition coefficient (Wildman–Crippen LogP) is 2.73. The Bertz CT molecular complexity index is 696. The average molecular weight is 382 g/mol. The van der Waals surface area contributed by atoms with E-state index in [1.54, 1.807) is 0 Å². The molecule has 2 saturated carbocycles. The maximum Gasteiger partial charge on any atom is 0.401 e. The number of anilines is 1. The van der Waals surface area contributed by atoms with Gasteiger partial charge in [0, 0.05) is 43.4 Å². The summed E-state index contributed by atoms with van der Waals surface area (Å²) in [5, 5.41) is 0. The van der Waals surface area contributed by atoms with Crippen LogP contribution in [0.1, 0.15) is 36.8 Å². The molecule has 0 radical (unpaired) electrons. The molecule has 1 aromatic carbocycles. The molecule has 150 valence electrons. The molecule has 0 bridgehead atoms. The molecule has 1 heterocycles.